The van der Waals surface area contributed by atoms with Crippen molar-refractivity contribution >= 4 is 39.6 Å². The number of carbonyl (C=O) groups excluding carboxylic acids is 1. The quantitative estimate of drug-likeness (QED) is 0.365. The highest BCUT2D eigenvalue weighted by atomic mass is 16.5. The number of fused-ring (bicyclic) bond motifs is 2. The van der Waals surface area contributed by atoms with Gasteiger partial charge in [-0.3, -0.25) is 9.89 Å². The Morgan fingerprint density at radius 2 is 1.90 bits per heavy atom. The van der Waals surface area contributed by atoms with Crippen LogP contribution in [-0.4, -0.2) is 33.2 Å². The van der Waals surface area contributed by atoms with Gasteiger partial charge in [-0.25, -0.2) is 4.98 Å². The lowest BCUT2D eigenvalue weighted by molar-refractivity contribution is -0.111. The smallest absolute Gasteiger partial charge is 0.248 e. The number of carbonyl (C=O) groups is 1. The average Bonchev–Trinajstić information content (AvgIpc) is 3.44. The predicted molar refractivity (Wildman–Crippen MR) is 122 cm³/mol. The molecule has 0 saturated carbocycles. The third-order valence-electron chi connectivity index (χ3n) is 5.01. The van der Waals surface area contributed by atoms with Gasteiger partial charge in [-0.2, -0.15) is 5.10 Å². The van der Waals surface area contributed by atoms with Gasteiger partial charge in [0.25, 0.3) is 0 Å². The van der Waals surface area contributed by atoms with E-state index in [4.69, 9.17) is 4.74 Å². The number of anilines is 1. The Morgan fingerprint density at radius 1 is 1.03 bits per heavy atom. The van der Waals surface area contributed by atoms with E-state index in [0.29, 0.717) is 5.69 Å². The van der Waals surface area contributed by atoms with Gasteiger partial charge in [0.05, 0.1) is 29.9 Å². The number of benzene rings is 3. The highest BCUT2D eigenvalue weighted by Gasteiger charge is 2.08. The predicted octanol–water partition coefficient (Wildman–Crippen LogP) is 4.77. The lowest BCUT2D eigenvalue weighted by Gasteiger charge is -2.02. The molecule has 0 bridgehead atoms. The van der Waals surface area contributed by atoms with Crippen molar-refractivity contribution in [2.24, 2.45) is 0 Å². The van der Waals surface area contributed by atoms with Crippen LogP contribution in [0.2, 0.25) is 0 Å². The molecule has 0 radical (unpaired) electrons. The van der Waals surface area contributed by atoms with Crippen molar-refractivity contribution < 1.29 is 9.53 Å². The van der Waals surface area contributed by atoms with E-state index in [0.717, 1.165) is 44.6 Å². The molecule has 2 heterocycles. The summed E-state index contributed by atoms with van der Waals surface area (Å²) in [5.74, 6) is 1.33. The van der Waals surface area contributed by atoms with Gasteiger partial charge in [0.15, 0.2) is 0 Å². The highest BCUT2D eigenvalue weighted by Crippen LogP contribution is 2.25. The molecule has 31 heavy (non-hydrogen) atoms. The molecular formula is C24H19N5O2. The molecule has 1 amide bonds. The van der Waals surface area contributed by atoms with Crippen molar-refractivity contribution in [3.05, 3.63) is 78.5 Å². The zero-order chi connectivity index (χ0) is 21.2. The van der Waals surface area contributed by atoms with Gasteiger partial charge in [-0.1, -0.05) is 24.3 Å². The average molecular weight is 409 g/mol. The molecular weight excluding hydrogens is 390 g/mol. The van der Waals surface area contributed by atoms with Crippen molar-refractivity contribution in [2.75, 3.05) is 12.4 Å². The standard InChI is InChI=1S/C24H19N5O2/c1-31-19-8-2-15(3-9-19)4-11-23(30)26-18-7-10-20-22(13-18)28-24(27-20)16-5-6-17-14-25-29-21(17)12-16/h2-14H,1H3,(H,25,29)(H,26,30)(H,27,28)/b11-4+. The number of methoxy groups -OCH3 is 1. The Bertz CT molecular complexity index is 1410. The van der Waals surface area contributed by atoms with Gasteiger partial charge < -0.3 is 15.0 Å². The minimum Gasteiger partial charge on any atom is -0.497 e. The number of amides is 1. The Balaban J connectivity index is 1.33. The number of aromatic amines is 2. The van der Waals surface area contributed by atoms with Crippen LogP contribution in [0.4, 0.5) is 5.69 Å². The molecule has 7 nitrogen and oxygen atoms in total. The van der Waals surface area contributed by atoms with Crippen LogP contribution >= 0.6 is 0 Å². The lowest BCUT2D eigenvalue weighted by atomic mass is 10.1. The summed E-state index contributed by atoms with van der Waals surface area (Å²) in [5, 5.41) is 11.0. The molecule has 3 aromatic carbocycles. The molecule has 0 aliphatic heterocycles. The van der Waals surface area contributed by atoms with Gasteiger partial charge in [0.2, 0.25) is 5.91 Å². The van der Waals surface area contributed by atoms with Crippen LogP contribution in [-0.2, 0) is 4.79 Å². The van der Waals surface area contributed by atoms with E-state index in [2.05, 4.69) is 25.5 Å². The summed E-state index contributed by atoms with van der Waals surface area (Å²) >= 11 is 0. The largest absolute Gasteiger partial charge is 0.497 e. The van der Waals surface area contributed by atoms with Crippen LogP contribution in [0, 0.1) is 0 Å². The zero-order valence-corrected chi connectivity index (χ0v) is 16.7. The minimum atomic E-state index is -0.209. The first kappa shape index (κ1) is 18.6. The van der Waals surface area contributed by atoms with E-state index in [9.17, 15) is 4.79 Å². The van der Waals surface area contributed by atoms with E-state index in [-0.39, 0.29) is 5.91 Å². The minimum absolute atomic E-state index is 0.209. The maximum absolute atomic E-state index is 12.3. The third-order valence-corrected chi connectivity index (χ3v) is 5.01. The van der Waals surface area contributed by atoms with Crippen molar-refractivity contribution in [3.8, 4) is 17.1 Å². The highest BCUT2D eigenvalue weighted by molar-refractivity contribution is 6.02. The van der Waals surface area contributed by atoms with Crippen LogP contribution < -0.4 is 10.1 Å². The lowest BCUT2D eigenvalue weighted by Crippen LogP contribution is -2.07. The zero-order valence-electron chi connectivity index (χ0n) is 16.7. The molecule has 3 N–H and O–H groups in total. The molecule has 0 atom stereocenters. The molecule has 152 valence electrons. The van der Waals surface area contributed by atoms with Gasteiger partial charge in [-0.15, -0.1) is 0 Å². The molecule has 0 unspecified atom stereocenters. The van der Waals surface area contributed by atoms with E-state index >= 15 is 0 Å². The maximum atomic E-state index is 12.3. The van der Waals surface area contributed by atoms with Crippen LogP contribution in [0.25, 0.3) is 39.4 Å². The van der Waals surface area contributed by atoms with E-state index in [1.54, 1.807) is 19.4 Å². The fraction of sp³-hybridized carbons (Fsp3) is 0.0417. The topological polar surface area (TPSA) is 95.7 Å². The Labute approximate surface area is 177 Å². The molecule has 7 heteroatoms. The van der Waals surface area contributed by atoms with Crippen LogP contribution in [0.5, 0.6) is 5.75 Å². The van der Waals surface area contributed by atoms with Crippen molar-refractivity contribution in [1.82, 2.24) is 20.2 Å². The first-order chi connectivity index (χ1) is 15.2. The molecule has 0 aliphatic carbocycles. The van der Waals surface area contributed by atoms with Crippen LogP contribution in [0.3, 0.4) is 0 Å². The third kappa shape index (κ3) is 3.89. The molecule has 2 aromatic heterocycles. The second kappa shape index (κ2) is 7.79. The number of nitrogens with zero attached hydrogens (tertiary/aromatic N) is 2. The molecule has 5 rings (SSSR count). The molecule has 5 aromatic rings. The summed E-state index contributed by atoms with van der Waals surface area (Å²) in [5.41, 5.74) is 5.19. The summed E-state index contributed by atoms with van der Waals surface area (Å²) in [7, 11) is 1.62. The van der Waals surface area contributed by atoms with E-state index < -0.39 is 0 Å². The summed E-state index contributed by atoms with van der Waals surface area (Å²) in [6.45, 7) is 0. The number of rotatable bonds is 5. The number of H-pyrrole nitrogens is 2. The number of hydrogen-bond donors (Lipinski definition) is 3. The Kier molecular flexibility index (Phi) is 4.68. The summed E-state index contributed by atoms with van der Waals surface area (Å²) in [6, 6.07) is 19.1. The number of ether oxygens (including phenoxy) is 1. The molecule has 0 fully saturated rings. The fourth-order valence-corrected chi connectivity index (χ4v) is 3.38. The summed E-state index contributed by atoms with van der Waals surface area (Å²) in [6.07, 6.45) is 5.05. The molecule has 0 saturated heterocycles. The maximum Gasteiger partial charge on any atom is 0.248 e. The van der Waals surface area contributed by atoms with Crippen LogP contribution in [0.15, 0.2) is 72.9 Å². The number of hydrogen-bond acceptors (Lipinski definition) is 4. The first-order valence-electron chi connectivity index (χ1n) is 9.74. The summed E-state index contributed by atoms with van der Waals surface area (Å²) < 4.78 is 5.14. The van der Waals surface area contributed by atoms with E-state index in [1.165, 1.54) is 6.08 Å². The number of imidazole rings is 1. The van der Waals surface area contributed by atoms with Gasteiger partial charge in [0.1, 0.15) is 11.6 Å². The Hall–Kier alpha value is -4.39. The van der Waals surface area contributed by atoms with Gasteiger partial charge in [-0.05, 0) is 48.0 Å². The summed E-state index contributed by atoms with van der Waals surface area (Å²) in [4.78, 5) is 20.3. The Morgan fingerprint density at radius 3 is 2.74 bits per heavy atom. The number of aromatic nitrogens is 4. The number of nitrogens with one attached hydrogen (secondary N) is 3. The normalized spacial score (nSPS) is 11.4. The van der Waals surface area contributed by atoms with Crippen molar-refractivity contribution in [1.29, 1.82) is 0 Å². The van der Waals surface area contributed by atoms with Crippen LogP contribution in [0.1, 0.15) is 5.56 Å². The molecule has 0 aliphatic rings. The van der Waals surface area contributed by atoms with Crippen molar-refractivity contribution in [2.45, 2.75) is 0 Å². The second-order valence-corrected chi connectivity index (χ2v) is 7.09. The van der Waals surface area contributed by atoms with Gasteiger partial charge >= 0.3 is 0 Å². The second-order valence-electron chi connectivity index (χ2n) is 7.09. The SMILES string of the molecule is COc1ccc(/C=C/C(=O)Nc2ccc3nc(-c4ccc5cn[nH]c5c4)[nH]c3c2)cc1. The van der Waals surface area contributed by atoms with E-state index in [1.807, 2.05) is 60.7 Å². The fourth-order valence-electron chi connectivity index (χ4n) is 3.38. The monoisotopic (exact) mass is 409 g/mol. The van der Waals surface area contributed by atoms with Gasteiger partial charge in [0, 0.05) is 22.7 Å². The molecule has 0 spiro atoms. The van der Waals surface area contributed by atoms with Crippen molar-refractivity contribution in [3.63, 3.8) is 0 Å². The first-order valence-corrected chi connectivity index (χ1v) is 9.74.